The summed E-state index contributed by atoms with van der Waals surface area (Å²) in [5.74, 6) is -4.33. The molecule has 238 valence electrons. The van der Waals surface area contributed by atoms with Crippen LogP contribution in [0.3, 0.4) is 0 Å². The molecular formula is C29H32FN7O8. The molecule has 2 aliphatic heterocycles. The summed E-state index contributed by atoms with van der Waals surface area (Å²) < 4.78 is 31.3. The maximum atomic E-state index is 14.9. The molecule has 0 atom stereocenters. The molecule has 2 aromatic carbocycles. The summed E-state index contributed by atoms with van der Waals surface area (Å²) in [7, 11) is 4.18. The van der Waals surface area contributed by atoms with Gasteiger partial charge in [-0.3, -0.25) is 9.69 Å². The quantitative estimate of drug-likeness (QED) is 0.183. The van der Waals surface area contributed by atoms with Gasteiger partial charge in [-0.15, -0.1) is 0 Å². The predicted molar refractivity (Wildman–Crippen MR) is 163 cm³/mol. The van der Waals surface area contributed by atoms with E-state index in [0.717, 1.165) is 25.0 Å². The van der Waals surface area contributed by atoms with Gasteiger partial charge in [0.1, 0.15) is 18.0 Å². The molecule has 0 unspecified atom stereocenters. The second-order valence-corrected chi connectivity index (χ2v) is 9.83. The van der Waals surface area contributed by atoms with Crippen LogP contribution in [0.4, 0.5) is 33.2 Å². The summed E-state index contributed by atoms with van der Waals surface area (Å²) in [5.41, 5.74) is 1.27. The number of morpholine rings is 1. The lowest BCUT2D eigenvalue weighted by atomic mass is 10.0. The lowest BCUT2D eigenvalue weighted by Crippen LogP contribution is -2.36. The van der Waals surface area contributed by atoms with Crippen LogP contribution < -0.4 is 30.3 Å². The van der Waals surface area contributed by atoms with Gasteiger partial charge < -0.3 is 55.5 Å². The van der Waals surface area contributed by atoms with E-state index in [9.17, 15) is 29.6 Å². The molecule has 3 heterocycles. The highest BCUT2D eigenvalue weighted by atomic mass is 19.1. The molecule has 0 saturated carbocycles. The first-order valence-electron chi connectivity index (χ1n) is 13.7. The largest absolute Gasteiger partial charge is 0.503 e. The highest BCUT2D eigenvalue weighted by Crippen LogP contribution is 2.40. The van der Waals surface area contributed by atoms with Gasteiger partial charge in [-0.1, -0.05) is 0 Å². The van der Waals surface area contributed by atoms with Gasteiger partial charge >= 0.3 is 0 Å². The summed E-state index contributed by atoms with van der Waals surface area (Å²) >= 11 is 0. The molecule has 0 aliphatic carbocycles. The maximum absolute atomic E-state index is 14.9. The fourth-order valence-corrected chi connectivity index (χ4v) is 4.77. The Kier molecular flexibility index (Phi) is 8.85. The van der Waals surface area contributed by atoms with Crippen LogP contribution in [0.2, 0.25) is 0 Å². The molecule has 45 heavy (non-hydrogen) atoms. The molecule has 1 aromatic heterocycles. The van der Waals surface area contributed by atoms with E-state index in [1.165, 1.54) is 33.4 Å². The molecule has 7 N–H and O–H groups in total. The number of methoxy groups -OCH3 is 2. The number of rotatable bonds is 9. The first-order valence-corrected chi connectivity index (χ1v) is 13.7. The summed E-state index contributed by atoms with van der Waals surface area (Å²) in [5, 5.41) is 51.1. The number of fused-ring (bicyclic) bond motifs is 1. The van der Waals surface area contributed by atoms with E-state index in [4.69, 9.17) is 14.2 Å². The van der Waals surface area contributed by atoms with Crippen LogP contribution in [0.1, 0.15) is 11.1 Å². The van der Waals surface area contributed by atoms with Gasteiger partial charge in [0.25, 0.3) is 0 Å². The monoisotopic (exact) mass is 625 g/mol. The molecule has 1 fully saturated rings. The normalized spacial score (nSPS) is 14.9. The van der Waals surface area contributed by atoms with E-state index in [1.807, 2.05) is 12.1 Å². The number of likely N-dealkylation sites (N-methyl/N-ethyl adjacent to an activating group) is 1. The average Bonchev–Trinajstić information content (AvgIpc) is 3.12. The number of aromatic nitrogens is 2. The maximum Gasteiger partial charge on any atom is 0.239 e. The van der Waals surface area contributed by atoms with Crippen LogP contribution in [-0.4, -0.2) is 95.3 Å². The van der Waals surface area contributed by atoms with Crippen LogP contribution in [0.15, 0.2) is 48.3 Å². The van der Waals surface area contributed by atoms with Gasteiger partial charge in [-0.2, -0.15) is 4.98 Å². The van der Waals surface area contributed by atoms with Crippen molar-refractivity contribution in [1.29, 1.82) is 0 Å². The molecule has 1 amide bonds. The third-order valence-electron chi connectivity index (χ3n) is 7.17. The zero-order valence-electron chi connectivity index (χ0n) is 24.6. The molecule has 0 radical (unpaired) electrons. The zero-order valence-corrected chi connectivity index (χ0v) is 24.6. The Morgan fingerprint density at radius 1 is 0.956 bits per heavy atom. The van der Waals surface area contributed by atoms with Crippen LogP contribution in [-0.2, 0) is 9.53 Å². The summed E-state index contributed by atoms with van der Waals surface area (Å²) in [6.07, 6.45) is 0.953. The van der Waals surface area contributed by atoms with Crippen molar-refractivity contribution in [1.82, 2.24) is 20.2 Å². The van der Waals surface area contributed by atoms with E-state index >= 15 is 0 Å². The van der Waals surface area contributed by atoms with Crippen molar-refractivity contribution in [3.05, 3.63) is 65.2 Å². The smallest absolute Gasteiger partial charge is 0.239 e. The third kappa shape index (κ3) is 6.21. The van der Waals surface area contributed by atoms with Gasteiger partial charge in [0.15, 0.2) is 23.2 Å². The standard InChI is InChI=1S/C29H32FN7O8/c1-31-23(38)14-37-27(41)24(39)16-11-20(22(44-3)12-17(16)25(40)28(37)42)34-29-32-13-18(30)26(35-29)33-19-5-4-15(10-21(19)43-2)36-6-8-45-9-7-36/h4-5,10-13,39-42H,6-9,14H2,1-3H3,(H,31,38)(H2,32,33,34,35). The number of carbonyl (C=O) groups excluding carboxylic acids is 1. The first-order chi connectivity index (χ1) is 21.6. The van der Waals surface area contributed by atoms with Crippen molar-refractivity contribution in [2.24, 2.45) is 0 Å². The number of benzene rings is 2. The molecular weight excluding hydrogens is 593 g/mol. The summed E-state index contributed by atoms with van der Waals surface area (Å²) in [6.45, 7) is 2.09. The number of halogens is 1. The van der Waals surface area contributed by atoms with Crippen molar-refractivity contribution in [2.45, 2.75) is 0 Å². The van der Waals surface area contributed by atoms with Crippen molar-refractivity contribution in [2.75, 3.05) is 69.6 Å². The highest BCUT2D eigenvalue weighted by molar-refractivity contribution is 5.84. The molecule has 16 heteroatoms. The zero-order chi connectivity index (χ0) is 32.2. The Bertz CT molecular complexity index is 1680. The number of carbonyl (C=O) groups is 1. The Morgan fingerprint density at radius 3 is 2.24 bits per heavy atom. The van der Waals surface area contributed by atoms with Crippen molar-refractivity contribution >= 4 is 46.3 Å². The van der Waals surface area contributed by atoms with Crippen LogP contribution in [0, 0.1) is 5.82 Å². The second-order valence-electron chi connectivity index (χ2n) is 9.83. The number of aliphatic hydroxyl groups excluding tert-OH is 4. The minimum absolute atomic E-state index is 0.0776. The van der Waals surface area contributed by atoms with E-state index in [2.05, 4.69) is 30.8 Å². The predicted octanol–water partition coefficient (Wildman–Crippen LogP) is 3.50. The van der Waals surface area contributed by atoms with Crippen molar-refractivity contribution in [3.63, 3.8) is 0 Å². The minimum Gasteiger partial charge on any atom is -0.503 e. The Hall–Kier alpha value is -5.64. The molecule has 1 saturated heterocycles. The molecule has 0 bridgehead atoms. The average molecular weight is 626 g/mol. The van der Waals surface area contributed by atoms with Gasteiger partial charge in [-0.05, 0) is 24.3 Å². The van der Waals surface area contributed by atoms with Crippen LogP contribution in [0.25, 0.3) is 11.5 Å². The lowest BCUT2D eigenvalue weighted by Gasteiger charge is -2.29. The Balaban J connectivity index is 1.46. The van der Waals surface area contributed by atoms with Crippen molar-refractivity contribution < 1.29 is 43.8 Å². The minimum atomic E-state index is -0.893. The first kappa shape index (κ1) is 30.8. The SMILES string of the molecule is CNC(=O)CN1C(O)=C(O)c2cc(Nc3ncc(F)c(Nc4ccc(N5CCOCC5)cc4OC)n3)c(OC)cc2C(O)=C1O. The van der Waals surface area contributed by atoms with Crippen LogP contribution in [0.5, 0.6) is 11.5 Å². The number of anilines is 5. The number of aliphatic hydroxyl groups is 4. The van der Waals surface area contributed by atoms with E-state index in [1.54, 1.807) is 6.07 Å². The van der Waals surface area contributed by atoms with Gasteiger partial charge in [0, 0.05) is 43.0 Å². The van der Waals surface area contributed by atoms with E-state index < -0.39 is 41.6 Å². The number of ether oxygens (including phenoxy) is 3. The second kappa shape index (κ2) is 12.9. The Labute approximate surface area is 256 Å². The van der Waals surface area contributed by atoms with Crippen LogP contribution >= 0.6 is 0 Å². The van der Waals surface area contributed by atoms with Crippen molar-refractivity contribution in [3.8, 4) is 11.5 Å². The summed E-state index contributed by atoms with van der Waals surface area (Å²) in [4.78, 5) is 23.0. The molecule has 3 aromatic rings. The molecule has 5 rings (SSSR count). The number of hydrogen-bond acceptors (Lipinski definition) is 14. The number of hydrogen-bond donors (Lipinski definition) is 7. The molecule has 15 nitrogen and oxygen atoms in total. The molecule has 2 aliphatic rings. The lowest BCUT2D eigenvalue weighted by molar-refractivity contribution is -0.121. The third-order valence-corrected chi connectivity index (χ3v) is 7.17. The number of nitrogens with zero attached hydrogens (tertiary/aromatic N) is 4. The fraction of sp³-hybridized carbons (Fsp3) is 0.276. The van der Waals surface area contributed by atoms with Gasteiger partial charge in [-0.25, -0.2) is 9.37 Å². The number of amides is 1. The van der Waals surface area contributed by atoms with Gasteiger partial charge in [0.05, 0.1) is 45.0 Å². The topological polar surface area (TPSA) is 194 Å². The summed E-state index contributed by atoms with van der Waals surface area (Å²) in [6, 6.07) is 8.03. The highest BCUT2D eigenvalue weighted by Gasteiger charge is 2.32. The Morgan fingerprint density at radius 2 is 1.60 bits per heavy atom. The number of nitrogens with one attached hydrogen (secondary N) is 3. The molecule has 0 spiro atoms. The van der Waals surface area contributed by atoms with E-state index in [0.29, 0.717) is 29.6 Å². The van der Waals surface area contributed by atoms with E-state index in [-0.39, 0.29) is 34.3 Å². The van der Waals surface area contributed by atoms with Gasteiger partial charge in [0.2, 0.25) is 23.6 Å². The fourth-order valence-electron chi connectivity index (χ4n) is 4.77.